The van der Waals surface area contributed by atoms with Crippen LogP contribution in [0.2, 0.25) is 0 Å². The van der Waals surface area contributed by atoms with Crippen LogP contribution in [0.4, 0.5) is 5.82 Å². The fourth-order valence-electron chi connectivity index (χ4n) is 2.08. The summed E-state index contributed by atoms with van der Waals surface area (Å²) in [7, 11) is 0. The average molecular weight is 221 g/mol. The Morgan fingerprint density at radius 3 is 2.44 bits per heavy atom. The van der Waals surface area contributed by atoms with Crippen molar-refractivity contribution in [3.05, 3.63) is 17.8 Å². The van der Waals surface area contributed by atoms with Crippen LogP contribution in [0.25, 0.3) is 0 Å². The van der Waals surface area contributed by atoms with Crippen LogP contribution in [0.3, 0.4) is 0 Å². The Hall–Kier alpha value is -1.16. The van der Waals surface area contributed by atoms with Crippen molar-refractivity contribution in [2.24, 2.45) is 0 Å². The molecule has 2 atom stereocenters. The van der Waals surface area contributed by atoms with E-state index >= 15 is 0 Å². The third kappa shape index (κ3) is 2.50. The molecule has 4 heteroatoms. The molecule has 0 aromatic carbocycles. The highest BCUT2D eigenvalue weighted by Crippen LogP contribution is 2.17. The van der Waals surface area contributed by atoms with E-state index in [4.69, 9.17) is 4.74 Å². The predicted molar refractivity (Wildman–Crippen MR) is 63.6 cm³/mol. The van der Waals surface area contributed by atoms with Crippen LogP contribution >= 0.6 is 0 Å². The number of rotatable bonds is 2. The van der Waals surface area contributed by atoms with E-state index in [1.54, 1.807) is 0 Å². The molecule has 2 heterocycles. The molecule has 16 heavy (non-hydrogen) atoms. The van der Waals surface area contributed by atoms with Gasteiger partial charge in [-0.25, -0.2) is 0 Å². The summed E-state index contributed by atoms with van der Waals surface area (Å²) in [5.41, 5.74) is 1.04. The molecule has 0 amide bonds. The van der Waals surface area contributed by atoms with E-state index in [0.717, 1.165) is 31.0 Å². The van der Waals surface area contributed by atoms with Gasteiger partial charge in [-0.3, -0.25) is 0 Å². The average Bonchev–Trinajstić information content (AvgIpc) is 2.28. The number of anilines is 1. The molecule has 1 aliphatic heterocycles. The summed E-state index contributed by atoms with van der Waals surface area (Å²) < 4.78 is 5.69. The molecular formula is C12H19N3O. The molecule has 0 spiro atoms. The van der Waals surface area contributed by atoms with Crippen molar-refractivity contribution in [2.45, 2.75) is 39.4 Å². The standard InChI is InChI=1S/C12H19N3O/c1-4-11-5-6-12(14-13-11)15-7-9(2)16-10(3)8-15/h5-6,9-10H,4,7-8H2,1-3H3/t9-,10+. The summed E-state index contributed by atoms with van der Waals surface area (Å²) >= 11 is 0. The first-order valence-electron chi connectivity index (χ1n) is 5.92. The highest BCUT2D eigenvalue weighted by molar-refractivity contribution is 5.38. The number of hydrogen-bond donors (Lipinski definition) is 0. The van der Waals surface area contributed by atoms with E-state index < -0.39 is 0 Å². The highest BCUT2D eigenvalue weighted by atomic mass is 16.5. The Morgan fingerprint density at radius 1 is 1.25 bits per heavy atom. The summed E-state index contributed by atoms with van der Waals surface area (Å²) in [6.07, 6.45) is 1.45. The third-order valence-corrected chi connectivity index (χ3v) is 2.81. The molecule has 0 radical (unpaired) electrons. The molecule has 0 aliphatic carbocycles. The Bertz CT molecular complexity index is 329. The van der Waals surface area contributed by atoms with Crippen molar-refractivity contribution >= 4 is 5.82 Å². The van der Waals surface area contributed by atoms with Gasteiger partial charge in [-0.05, 0) is 32.4 Å². The van der Waals surface area contributed by atoms with Crippen LogP contribution in [-0.2, 0) is 11.2 Å². The summed E-state index contributed by atoms with van der Waals surface area (Å²) in [4.78, 5) is 2.24. The van der Waals surface area contributed by atoms with Gasteiger partial charge in [0.25, 0.3) is 0 Å². The number of aryl methyl sites for hydroxylation is 1. The minimum atomic E-state index is 0.261. The van der Waals surface area contributed by atoms with Gasteiger partial charge in [0.2, 0.25) is 0 Å². The Labute approximate surface area is 96.6 Å². The Morgan fingerprint density at radius 2 is 1.94 bits per heavy atom. The van der Waals surface area contributed by atoms with Crippen LogP contribution < -0.4 is 4.90 Å². The van der Waals surface area contributed by atoms with Crippen LogP contribution in [0.15, 0.2) is 12.1 Å². The van der Waals surface area contributed by atoms with Crippen molar-refractivity contribution in [1.82, 2.24) is 10.2 Å². The monoisotopic (exact) mass is 221 g/mol. The van der Waals surface area contributed by atoms with Crippen molar-refractivity contribution in [3.63, 3.8) is 0 Å². The van der Waals surface area contributed by atoms with Crippen molar-refractivity contribution in [2.75, 3.05) is 18.0 Å². The van der Waals surface area contributed by atoms with Crippen LogP contribution in [0, 0.1) is 0 Å². The summed E-state index contributed by atoms with van der Waals surface area (Å²) in [5.74, 6) is 0.958. The molecule has 0 bridgehead atoms. The second kappa shape index (κ2) is 4.78. The van der Waals surface area contributed by atoms with Gasteiger partial charge in [0.05, 0.1) is 17.9 Å². The van der Waals surface area contributed by atoms with Gasteiger partial charge >= 0.3 is 0 Å². The van der Waals surface area contributed by atoms with E-state index in [9.17, 15) is 0 Å². The van der Waals surface area contributed by atoms with E-state index in [1.165, 1.54) is 0 Å². The van der Waals surface area contributed by atoms with Crippen LogP contribution in [0.1, 0.15) is 26.5 Å². The van der Waals surface area contributed by atoms with E-state index in [-0.39, 0.29) is 12.2 Å². The zero-order chi connectivity index (χ0) is 11.5. The molecule has 4 nitrogen and oxygen atoms in total. The van der Waals surface area contributed by atoms with Gasteiger partial charge < -0.3 is 9.64 Å². The zero-order valence-electron chi connectivity index (χ0n) is 10.2. The topological polar surface area (TPSA) is 38.2 Å². The van der Waals surface area contributed by atoms with Crippen LogP contribution in [-0.4, -0.2) is 35.5 Å². The summed E-state index contributed by atoms with van der Waals surface area (Å²) in [5, 5.41) is 8.45. The fourth-order valence-corrected chi connectivity index (χ4v) is 2.08. The molecule has 0 N–H and O–H groups in total. The third-order valence-electron chi connectivity index (χ3n) is 2.81. The molecule has 0 unspecified atom stereocenters. The van der Waals surface area contributed by atoms with Gasteiger partial charge in [-0.1, -0.05) is 6.92 Å². The second-order valence-electron chi connectivity index (χ2n) is 4.40. The van der Waals surface area contributed by atoms with Crippen molar-refractivity contribution < 1.29 is 4.74 Å². The van der Waals surface area contributed by atoms with Crippen LogP contribution in [0.5, 0.6) is 0 Å². The van der Waals surface area contributed by atoms with Gasteiger partial charge in [0.1, 0.15) is 0 Å². The van der Waals surface area contributed by atoms with Gasteiger partial charge in [0, 0.05) is 13.1 Å². The molecular weight excluding hydrogens is 202 g/mol. The maximum Gasteiger partial charge on any atom is 0.151 e. The first-order valence-corrected chi connectivity index (χ1v) is 5.92. The molecule has 1 aromatic heterocycles. The maximum absolute atomic E-state index is 5.69. The first kappa shape index (κ1) is 11.3. The summed E-state index contributed by atoms with van der Waals surface area (Å²) in [6.45, 7) is 8.06. The van der Waals surface area contributed by atoms with Gasteiger partial charge in [-0.2, -0.15) is 5.10 Å². The minimum Gasteiger partial charge on any atom is -0.372 e. The number of hydrogen-bond acceptors (Lipinski definition) is 4. The number of ether oxygens (including phenoxy) is 1. The number of nitrogens with zero attached hydrogens (tertiary/aromatic N) is 3. The molecule has 2 rings (SSSR count). The quantitative estimate of drug-likeness (QED) is 0.761. The van der Waals surface area contributed by atoms with Gasteiger partial charge in [0.15, 0.2) is 5.82 Å². The molecule has 1 fully saturated rings. The molecule has 0 saturated carbocycles. The maximum atomic E-state index is 5.69. The Kier molecular flexibility index (Phi) is 3.39. The molecule has 88 valence electrons. The summed E-state index contributed by atoms with van der Waals surface area (Å²) in [6, 6.07) is 4.10. The first-order chi connectivity index (χ1) is 7.69. The predicted octanol–water partition coefficient (Wildman–Crippen LogP) is 1.65. The minimum absolute atomic E-state index is 0.261. The lowest BCUT2D eigenvalue weighted by Gasteiger charge is -2.35. The molecule has 1 aliphatic rings. The van der Waals surface area contributed by atoms with E-state index in [2.05, 4.69) is 41.9 Å². The van der Waals surface area contributed by atoms with E-state index in [1.807, 2.05) is 6.07 Å². The second-order valence-corrected chi connectivity index (χ2v) is 4.40. The number of morpholine rings is 1. The van der Waals surface area contributed by atoms with E-state index in [0.29, 0.717) is 0 Å². The lowest BCUT2D eigenvalue weighted by molar-refractivity contribution is -0.00550. The Balaban J connectivity index is 2.10. The normalized spacial score (nSPS) is 25.8. The lowest BCUT2D eigenvalue weighted by Crippen LogP contribution is -2.45. The fraction of sp³-hybridized carbons (Fsp3) is 0.667. The van der Waals surface area contributed by atoms with Gasteiger partial charge in [-0.15, -0.1) is 5.10 Å². The smallest absolute Gasteiger partial charge is 0.151 e. The largest absolute Gasteiger partial charge is 0.372 e. The lowest BCUT2D eigenvalue weighted by atomic mass is 10.2. The van der Waals surface area contributed by atoms with Crippen molar-refractivity contribution in [3.8, 4) is 0 Å². The number of aromatic nitrogens is 2. The zero-order valence-corrected chi connectivity index (χ0v) is 10.2. The molecule has 1 saturated heterocycles. The molecule has 1 aromatic rings. The SMILES string of the molecule is CCc1ccc(N2C[C@@H](C)O[C@@H](C)C2)nn1. The highest BCUT2D eigenvalue weighted by Gasteiger charge is 2.23. The van der Waals surface area contributed by atoms with Crippen molar-refractivity contribution in [1.29, 1.82) is 0 Å².